The molecule has 0 saturated heterocycles. The third-order valence-electron chi connectivity index (χ3n) is 4.25. The number of carbonyl (C=O) groups excluding carboxylic acids is 4. The van der Waals surface area contributed by atoms with Gasteiger partial charge in [0.05, 0.1) is 0 Å². The van der Waals surface area contributed by atoms with Crippen LogP contribution in [0.4, 0.5) is 0 Å². The van der Waals surface area contributed by atoms with Crippen LogP contribution in [-0.2, 0) is 45.4 Å². The van der Waals surface area contributed by atoms with Gasteiger partial charge in [-0.1, -0.05) is 79.1 Å². The number of hydrogen-bond acceptors (Lipinski definition) is 8. The van der Waals surface area contributed by atoms with Crippen molar-refractivity contribution in [3.63, 3.8) is 0 Å². The molecule has 8 nitrogen and oxygen atoms in total. The molecule has 0 atom stereocenters. The van der Waals surface area contributed by atoms with Gasteiger partial charge in [0.15, 0.2) is 0 Å². The van der Waals surface area contributed by atoms with E-state index in [0.29, 0.717) is 26.1 Å². The molecule has 0 unspecified atom stereocenters. The van der Waals surface area contributed by atoms with Crippen LogP contribution in [0, 0.1) is 0 Å². The van der Waals surface area contributed by atoms with Gasteiger partial charge in [-0.15, -0.1) is 0 Å². The van der Waals surface area contributed by atoms with Crippen molar-refractivity contribution < 1.29 is 65.8 Å². The van der Waals surface area contributed by atoms with Gasteiger partial charge in [0, 0.05) is 50.8 Å². The molecule has 0 heterocycles. The fourth-order valence-electron chi connectivity index (χ4n) is 2.35. The summed E-state index contributed by atoms with van der Waals surface area (Å²) >= 11 is 0. The molecule has 0 aromatic heterocycles. The number of carbonyl (C=O) groups is 4. The van der Waals surface area contributed by atoms with Crippen molar-refractivity contribution in [2.24, 2.45) is 0 Å². The maximum atomic E-state index is 10.9. The molecule has 0 radical (unpaired) electrons. The number of carboxylic acids is 2. The van der Waals surface area contributed by atoms with Gasteiger partial charge in [0.25, 0.3) is 0 Å². The monoisotopic (exact) mass is 580 g/mol. The van der Waals surface area contributed by atoms with Gasteiger partial charge in [-0.25, -0.2) is 0 Å². The number of ketones is 2. The molecule has 0 fully saturated rings. The largest absolute Gasteiger partial charge is 2.00 e. The molecule has 0 bridgehead atoms. The molecule has 0 amide bonds. The number of hydrogen-bond donors (Lipinski definition) is 2. The number of carboxylic acid groups (broad SMARTS) is 2. The van der Waals surface area contributed by atoms with E-state index in [-0.39, 0.29) is 37.8 Å². The number of aliphatic hydroxyl groups excluding tert-OH is 2. The van der Waals surface area contributed by atoms with Crippen LogP contribution in [0.3, 0.4) is 0 Å². The number of rotatable bonds is 18. The Hall–Kier alpha value is -0.917. The van der Waals surface area contributed by atoms with E-state index in [1.807, 2.05) is 13.8 Å². The van der Waals surface area contributed by atoms with Crippen LogP contribution in [0.1, 0.15) is 130 Å². The van der Waals surface area contributed by atoms with Crippen molar-refractivity contribution in [1.82, 2.24) is 0 Å². The summed E-state index contributed by atoms with van der Waals surface area (Å²) in [6.45, 7) is 8.75. The van der Waals surface area contributed by atoms with Crippen LogP contribution in [0.5, 0.6) is 0 Å². The molecule has 35 heavy (non-hydrogen) atoms. The predicted molar refractivity (Wildman–Crippen MR) is 131 cm³/mol. The minimum Gasteiger partial charge on any atom is -0.550 e. The topological polar surface area (TPSA) is 155 Å². The Morgan fingerprint density at radius 2 is 0.771 bits per heavy atom. The molecule has 206 valence electrons. The Balaban J connectivity index is -0.000000128. The normalized spacial score (nSPS) is 9.09. The number of aliphatic carboxylic acids is 2. The molecule has 0 saturated carbocycles. The van der Waals surface area contributed by atoms with E-state index in [1.54, 1.807) is 0 Å². The molecule has 9 heteroatoms. The molecule has 0 aliphatic heterocycles. The van der Waals surface area contributed by atoms with Gasteiger partial charge in [0.2, 0.25) is 0 Å². The van der Waals surface area contributed by atoms with Gasteiger partial charge in [-0.05, 0) is 25.7 Å². The van der Waals surface area contributed by atoms with Crippen LogP contribution in [-0.4, -0.2) is 46.9 Å². The molecule has 0 aliphatic carbocycles. The fraction of sp³-hybridized carbons (Fsp3) is 0.846. The minimum absolute atomic E-state index is 0. The average Bonchev–Trinajstić information content (AvgIpc) is 2.78. The van der Waals surface area contributed by atoms with E-state index in [9.17, 15) is 29.4 Å². The average molecular weight is 582 g/mol. The summed E-state index contributed by atoms with van der Waals surface area (Å²) in [5, 5.41) is 35.8. The third kappa shape index (κ3) is 60.0. The van der Waals surface area contributed by atoms with Crippen molar-refractivity contribution >= 4 is 23.5 Å². The van der Waals surface area contributed by atoms with Crippen molar-refractivity contribution in [2.45, 2.75) is 130 Å². The minimum atomic E-state index is -1.27. The first-order valence-electron chi connectivity index (χ1n) is 12.8. The Bertz CT molecular complexity index is 424. The quantitative estimate of drug-likeness (QED) is 0.185. The Morgan fingerprint density at radius 3 is 0.971 bits per heavy atom. The van der Waals surface area contributed by atoms with E-state index in [0.717, 1.165) is 51.4 Å². The van der Waals surface area contributed by atoms with E-state index in [4.69, 9.17) is 10.2 Å². The summed E-state index contributed by atoms with van der Waals surface area (Å²) in [4.78, 5) is 41.8. The summed E-state index contributed by atoms with van der Waals surface area (Å²) < 4.78 is 0. The molecule has 0 aromatic rings. The summed E-state index contributed by atoms with van der Waals surface area (Å²) in [6, 6.07) is 0. The second kappa shape index (κ2) is 40.3. The smallest absolute Gasteiger partial charge is 0.550 e. The fourth-order valence-corrected chi connectivity index (χ4v) is 2.35. The van der Waals surface area contributed by atoms with Crippen LogP contribution < -0.4 is 10.2 Å². The maximum Gasteiger partial charge on any atom is 2.00 e. The van der Waals surface area contributed by atoms with Crippen LogP contribution in [0.25, 0.3) is 0 Å². The maximum absolute atomic E-state index is 10.9. The van der Waals surface area contributed by atoms with Gasteiger partial charge in [0.1, 0.15) is 11.6 Å². The number of aliphatic hydroxyl groups is 2. The zero-order valence-electron chi connectivity index (χ0n) is 22.6. The molecule has 0 spiro atoms. The number of Topliss-reactive ketones (excluding diaryl/α,β-unsaturated/α-hetero) is 2. The van der Waals surface area contributed by atoms with Crippen molar-refractivity contribution in [2.75, 3.05) is 13.2 Å². The summed E-state index contributed by atoms with van der Waals surface area (Å²) in [7, 11) is 0. The summed E-state index contributed by atoms with van der Waals surface area (Å²) in [5.41, 5.74) is 0. The van der Waals surface area contributed by atoms with Crippen LogP contribution in [0.2, 0.25) is 0 Å². The molecular weight excluding hydrogens is 532 g/mol. The van der Waals surface area contributed by atoms with Crippen LogP contribution in [0.15, 0.2) is 0 Å². The first kappa shape index (κ1) is 44.1. The van der Waals surface area contributed by atoms with Gasteiger partial charge >= 0.3 is 26.2 Å². The van der Waals surface area contributed by atoms with Crippen molar-refractivity contribution in [1.29, 1.82) is 0 Å². The van der Waals surface area contributed by atoms with Gasteiger partial charge in [-0.3, -0.25) is 9.59 Å². The second-order valence-electron chi connectivity index (χ2n) is 7.95. The Morgan fingerprint density at radius 1 is 0.514 bits per heavy atom. The standard InChI is InChI=1S/2C10H18O3.2C3H8O.Zr/c2*1-2-3-4-5-6-7-9(11)8-10(12)13;2*1-2-3-4;/h2*2-8H2,1H3,(H,12,13);2*4H,2-3H2,1H3;/q;;;;+2/p-2. The zero-order valence-corrected chi connectivity index (χ0v) is 25.0. The van der Waals surface area contributed by atoms with Gasteiger partial charge < -0.3 is 30.0 Å². The molecule has 0 aromatic carbocycles. The molecule has 2 N–H and O–H groups in total. The first-order chi connectivity index (χ1) is 16.2. The molecular formula is C26H50O8Zr. The van der Waals surface area contributed by atoms with E-state index >= 15 is 0 Å². The van der Waals surface area contributed by atoms with E-state index in [2.05, 4.69) is 13.8 Å². The van der Waals surface area contributed by atoms with Gasteiger partial charge in [-0.2, -0.15) is 0 Å². The SMILES string of the molecule is CCCCCCCC(=O)CC(=O)[O-].CCCCCCCC(=O)CC(=O)[O-].CCCO.CCCO.[Zr+2]. The molecule has 0 aliphatic rings. The van der Waals surface area contributed by atoms with E-state index < -0.39 is 24.8 Å². The molecule has 0 rings (SSSR count). The Kier molecular flexibility index (Phi) is 50.7. The van der Waals surface area contributed by atoms with Crippen molar-refractivity contribution in [3.05, 3.63) is 0 Å². The number of unbranched alkanes of at least 4 members (excludes halogenated alkanes) is 8. The Labute approximate surface area is 232 Å². The second-order valence-corrected chi connectivity index (χ2v) is 7.95. The summed E-state index contributed by atoms with van der Waals surface area (Å²) in [6.07, 6.45) is 12.3. The van der Waals surface area contributed by atoms with Crippen molar-refractivity contribution in [3.8, 4) is 0 Å². The first-order valence-corrected chi connectivity index (χ1v) is 12.8. The summed E-state index contributed by atoms with van der Waals surface area (Å²) in [5.74, 6) is -2.95. The van der Waals surface area contributed by atoms with E-state index in [1.165, 1.54) is 25.7 Å². The third-order valence-corrected chi connectivity index (χ3v) is 4.25. The zero-order chi connectivity index (χ0) is 27.0. The predicted octanol–water partition coefficient (Wildman–Crippen LogP) is 2.89. The van der Waals surface area contributed by atoms with Crippen LogP contribution >= 0.6 is 0 Å².